The monoisotopic (exact) mass is 285 g/mol. The number of rotatable bonds is 5. The zero-order chi connectivity index (χ0) is 15.4. The van der Waals surface area contributed by atoms with Crippen LogP contribution in [0.2, 0.25) is 0 Å². The van der Waals surface area contributed by atoms with Crippen molar-refractivity contribution in [2.24, 2.45) is 0 Å². The molecule has 2 aromatic rings. The summed E-state index contributed by atoms with van der Waals surface area (Å²) in [7, 11) is 1.60. The van der Waals surface area contributed by atoms with Crippen LogP contribution in [-0.2, 0) is 6.42 Å². The third-order valence-electron chi connectivity index (χ3n) is 3.27. The van der Waals surface area contributed by atoms with Crippen LogP contribution in [0.1, 0.15) is 29.8 Å². The lowest BCUT2D eigenvalue weighted by Gasteiger charge is -2.12. The largest absolute Gasteiger partial charge is 0.493 e. The van der Waals surface area contributed by atoms with E-state index < -0.39 is 0 Å². The molecule has 0 aliphatic rings. The van der Waals surface area contributed by atoms with E-state index in [1.165, 1.54) is 12.5 Å². The van der Waals surface area contributed by atoms with Gasteiger partial charge in [0, 0.05) is 11.3 Å². The first-order valence-electron chi connectivity index (χ1n) is 6.80. The van der Waals surface area contributed by atoms with E-state index in [-0.39, 0.29) is 5.78 Å². The minimum atomic E-state index is -0.0914. The van der Waals surface area contributed by atoms with Crippen molar-refractivity contribution in [3.05, 3.63) is 47.5 Å². The molecule has 110 valence electrons. The van der Waals surface area contributed by atoms with Gasteiger partial charge >= 0.3 is 0 Å². The highest BCUT2D eigenvalue weighted by Crippen LogP contribution is 2.33. The Balaban J connectivity index is 2.34. The summed E-state index contributed by atoms with van der Waals surface area (Å²) in [4.78, 5) is 11.5. The maximum atomic E-state index is 11.5. The number of carbonyl (C=O) groups excluding carboxylic acids is 1. The summed E-state index contributed by atoms with van der Waals surface area (Å²) < 4.78 is 11.2. The van der Waals surface area contributed by atoms with Crippen molar-refractivity contribution in [3.8, 4) is 17.2 Å². The Morgan fingerprint density at radius 2 is 1.90 bits per heavy atom. The Morgan fingerprint density at radius 3 is 2.52 bits per heavy atom. The quantitative estimate of drug-likeness (QED) is 0.670. The maximum absolute atomic E-state index is 11.5. The fraction of sp³-hybridized carbons (Fsp3) is 0.235. The highest BCUT2D eigenvalue weighted by Gasteiger charge is 2.10. The van der Waals surface area contributed by atoms with Crippen LogP contribution in [0.15, 0.2) is 36.4 Å². The van der Waals surface area contributed by atoms with Crippen molar-refractivity contribution in [3.63, 3.8) is 0 Å². The number of ether oxygens (including phenoxy) is 2. The number of anilines is 1. The summed E-state index contributed by atoms with van der Waals surface area (Å²) in [5.41, 5.74) is 7.85. The summed E-state index contributed by atoms with van der Waals surface area (Å²) in [6, 6.07) is 10.8. The van der Waals surface area contributed by atoms with Gasteiger partial charge in [-0.1, -0.05) is 13.0 Å². The van der Waals surface area contributed by atoms with Gasteiger partial charge < -0.3 is 15.2 Å². The number of ketones is 1. The topological polar surface area (TPSA) is 61.5 Å². The Labute approximate surface area is 124 Å². The van der Waals surface area contributed by atoms with Crippen molar-refractivity contribution < 1.29 is 14.3 Å². The van der Waals surface area contributed by atoms with Crippen molar-refractivity contribution >= 4 is 11.5 Å². The van der Waals surface area contributed by atoms with E-state index in [0.717, 1.165) is 6.42 Å². The number of hydrogen-bond donors (Lipinski definition) is 1. The van der Waals surface area contributed by atoms with Crippen LogP contribution in [-0.4, -0.2) is 12.9 Å². The van der Waals surface area contributed by atoms with E-state index in [2.05, 4.69) is 6.92 Å². The number of carbonyl (C=O) groups is 1. The Bertz CT molecular complexity index is 665. The number of nitrogen functional groups attached to an aromatic ring is 1. The molecule has 4 nitrogen and oxygen atoms in total. The number of benzene rings is 2. The molecule has 2 aromatic carbocycles. The van der Waals surface area contributed by atoms with Gasteiger partial charge in [-0.15, -0.1) is 0 Å². The smallest absolute Gasteiger partial charge is 0.169 e. The third kappa shape index (κ3) is 3.34. The Kier molecular flexibility index (Phi) is 4.48. The summed E-state index contributed by atoms with van der Waals surface area (Å²) >= 11 is 0. The molecule has 0 spiro atoms. The second-order valence-electron chi connectivity index (χ2n) is 4.75. The van der Waals surface area contributed by atoms with Crippen LogP contribution < -0.4 is 15.2 Å². The molecule has 0 aliphatic heterocycles. The molecule has 0 aromatic heterocycles. The van der Waals surface area contributed by atoms with Gasteiger partial charge in [-0.25, -0.2) is 0 Å². The summed E-state index contributed by atoms with van der Waals surface area (Å²) in [5, 5.41) is 0. The molecule has 0 saturated heterocycles. The molecule has 0 fully saturated rings. The minimum absolute atomic E-state index is 0.0914. The molecule has 0 heterocycles. The lowest BCUT2D eigenvalue weighted by molar-refractivity contribution is 0.101. The molecular formula is C17H19NO3. The number of aryl methyl sites for hydroxylation is 1. The number of nitrogens with two attached hydrogens (primary N) is 1. The SMILES string of the molecule is CCc1ccc(Oc2ccc(N)c(C(C)=O)c2)c(OC)c1. The molecular weight excluding hydrogens is 266 g/mol. The molecule has 2 N–H and O–H groups in total. The van der Waals surface area contributed by atoms with Crippen LogP contribution in [0, 0.1) is 0 Å². The molecule has 0 radical (unpaired) electrons. The van der Waals surface area contributed by atoms with Crippen molar-refractivity contribution in [1.82, 2.24) is 0 Å². The molecule has 0 aliphatic carbocycles. The third-order valence-corrected chi connectivity index (χ3v) is 3.27. The van der Waals surface area contributed by atoms with E-state index in [1.54, 1.807) is 25.3 Å². The van der Waals surface area contributed by atoms with Gasteiger partial charge in [0.25, 0.3) is 0 Å². The predicted octanol–water partition coefficient (Wildman–Crippen LogP) is 3.83. The Hall–Kier alpha value is -2.49. The first-order chi connectivity index (χ1) is 10.0. The zero-order valence-corrected chi connectivity index (χ0v) is 12.5. The van der Waals surface area contributed by atoms with E-state index in [1.807, 2.05) is 18.2 Å². The standard InChI is InChI=1S/C17H19NO3/c1-4-12-5-8-16(17(9-12)20-3)21-13-6-7-15(18)14(10-13)11(2)19/h5-10H,4,18H2,1-3H3. The molecule has 0 amide bonds. The number of hydrogen-bond acceptors (Lipinski definition) is 4. The number of methoxy groups -OCH3 is 1. The van der Waals surface area contributed by atoms with E-state index in [9.17, 15) is 4.79 Å². The van der Waals surface area contributed by atoms with Crippen LogP contribution in [0.5, 0.6) is 17.2 Å². The maximum Gasteiger partial charge on any atom is 0.169 e. The molecule has 0 atom stereocenters. The van der Waals surface area contributed by atoms with Crippen molar-refractivity contribution in [2.75, 3.05) is 12.8 Å². The summed E-state index contributed by atoms with van der Waals surface area (Å²) in [5.74, 6) is 1.73. The van der Waals surface area contributed by atoms with Crippen molar-refractivity contribution in [1.29, 1.82) is 0 Å². The van der Waals surface area contributed by atoms with Gasteiger partial charge in [-0.3, -0.25) is 4.79 Å². The van der Waals surface area contributed by atoms with Gasteiger partial charge in [0.15, 0.2) is 17.3 Å². The van der Waals surface area contributed by atoms with Crippen LogP contribution in [0.3, 0.4) is 0 Å². The van der Waals surface area contributed by atoms with E-state index in [0.29, 0.717) is 28.5 Å². The minimum Gasteiger partial charge on any atom is -0.493 e. The fourth-order valence-corrected chi connectivity index (χ4v) is 2.05. The molecule has 0 unspecified atom stereocenters. The highest BCUT2D eigenvalue weighted by atomic mass is 16.5. The molecule has 0 saturated carbocycles. The van der Waals surface area contributed by atoms with Gasteiger partial charge in [-0.2, -0.15) is 0 Å². The molecule has 21 heavy (non-hydrogen) atoms. The van der Waals surface area contributed by atoms with Crippen LogP contribution in [0.25, 0.3) is 0 Å². The van der Waals surface area contributed by atoms with Gasteiger partial charge in [0.1, 0.15) is 5.75 Å². The van der Waals surface area contributed by atoms with Crippen LogP contribution in [0.4, 0.5) is 5.69 Å². The Morgan fingerprint density at radius 1 is 1.14 bits per heavy atom. The van der Waals surface area contributed by atoms with Gasteiger partial charge in [-0.05, 0) is 49.2 Å². The molecule has 0 bridgehead atoms. The lowest BCUT2D eigenvalue weighted by Crippen LogP contribution is -2.00. The predicted molar refractivity (Wildman–Crippen MR) is 83.3 cm³/mol. The average Bonchev–Trinajstić information content (AvgIpc) is 2.49. The first-order valence-corrected chi connectivity index (χ1v) is 6.80. The first kappa shape index (κ1) is 14.9. The van der Waals surface area contributed by atoms with Crippen molar-refractivity contribution in [2.45, 2.75) is 20.3 Å². The zero-order valence-electron chi connectivity index (χ0n) is 12.5. The number of Topliss-reactive ketones (excluding diaryl/α,β-unsaturated/α-hetero) is 1. The second kappa shape index (κ2) is 6.31. The van der Waals surface area contributed by atoms with Gasteiger partial charge in [0.2, 0.25) is 0 Å². The molecule has 2 rings (SSSR count). The summed E-state index contributed by atoms with van der Waals surface area (Å²) in [6.45, 7) is 3.56. The van der Waals surface area contributed by atoms with E-state index >= 15 is 0 Å². The second-order valence-corrected chi connectivity index (χ2v) is 4.75. The normalized spacial score (nSPS) is 10.2. The van der Waals surface area contributed by atoms with E-state index in [4.69, 9.17) is 15.2 Å². The average molecular weight is 285 g/mol. The fourth-order valence-electron chi connectivity index (χ4n) is 2.05. The van der Waals surface area contributed by atoms with Gasteiger partial charge in [0.05, 0.1) is 7.11 Å². The molecule has 4 heteroatoms. The highest BCUT2D eigenvalue weighted by molar-refractivity contribution is 5.99. The van der Waals surface area contributed by atoms with Crippen LogP contribution >= 0.6 is 0 Å². The summed E-state index contributed by atoms with van der Waals surface area (Å²) in [6.07, 6.45) is 0.924. The lowest BCUT2D eigenvalue weighted by atomic mass is 10.1.